The van der Waals surface area contributed by atoms with Crippen molar-refractivity contribution >= 4 is 6.03 Å². The van der Waals surface area contributed by atoms with Gasteiger partial charge in [0.05, 0.1) is 14.2 Å². The Hall–Kier alpha value is -1.91. The van der Waals surface area contributed by atoms with Crippen LogP contribution < -0.4 is 14.8 Å². The first-order valence-corrected chi connectivity index (χ1v) is 7.48. The van der Waals surface area contributed by atoms with Gasteiger partial charge < -0.3 is 19.7 Å². The van der Waals surface area contributed by atoms with Crippen molar-refractivity contribution in [2.45, 2.75) is 32.2 Å². The number of ether oxygens (including phenoxy) is 2. The highest BCUT2D eigenvalue weighted by Crippen LogP contribution is 2.27. The molecule has 0 aliphatic carbocycles. The quantitative estimate of drug-likeness (QED) is 0.928. The van der Waals surface area contributed by atoms with Gasteiger partial charge in [-0.15, -0.1) is 0 Å². The summed E-state index contributed by atoms with van der Waals surface area (Å²) in [5.74, 6) is 1.37. The van der Waals surface area contributed by atoms with Crippen LogP contribution in [0.5, 0.6) is 11.5 Å². The molecule has 5 heteroatoms. The van der Waals surface area contributed by atoms with Gasteiger partial charge in [0.1, 0.15) is 0 Å². The Morgan fingerprint density at radius 1 is 1.10 bits per heavy atom. The molecule has 0 bridgehead atoms. The second-order valence-corrected chi connectivity index (χ2v) is 5.25. The predicted octanol–water partition coefficient (Wildman–Crippen LogP) is 2.79. The average Bonchev–Trinajstić information content (AvgIpc) is 2.81. The van der Waals surface area contributed by atoms with E-state index in [-0.39, 0.29) is 6.03 Å². The number of nitrogens with one attached hydrogen (secondary N) is 1. The van der Waals surface area contributed by atoms with E-state index in [1.807, 2.05) is 23.1 Å². The van der Waals surface area contributed by atoms with Crippen LogP contribution in [-0.2, 0) is 6.54 Å². The van der Waals surface area contributed by atoms with Crippen LogP contribution in [0.3, 0.4) is 0 Å². The molecule has 1 aliphatic rings. The van der Waals surface area contributed by atoms with Gasteiger partial charge in [0.15, 0.2) is 11.5 Å². The molecule has 0 atom stereocenters. The molecular weight excluding hydrogens is 268 g/mol. The van der Waals surface area contributed by atoms with Crippen LogP contribution >= 0.6 is 0 Å². The third-order valence-corrected chi connectivity index (χ3v) is 3.78. The van der Waals surface area contributed by atoms with Crippen LogP contribution in [0.4, 0.5) is 4.79 Å². The standard InChI is InChI=1S/C16H24N2O3/c1-20-14-8-7-13(11-15(14)21-2)12-17-16(19)18-9-5-3-4-6-10-18/h7-8,11H,3-6,9-10,12H2,1-2H3,(H,17,19). The first kappa shape index (κ1) is 15.5. The first-order valence-electron chi connectivity index (χ1n) is 7.48. The van der Waals surface area contributed by atoms with Crippen LogP contribution in [0.1, 0.15) is 31.2 Å². The molecule has 116 valence electrons. The van der Waals surface area contributed by atoms with Gasteiger partial charge in [0.25, 0.3) is 0 Å². The summed E-state index contributed by atoms with van der Waals surface area (Å²) in [6, 6.07) is 5.70. The molecule has 5 nitrogen and oxygen atoms in total. The van der Waals surface area contributed by atoms with Crippen molar-refractivity contribution in [1.29, 1.82) is 0 Å². The highest BCUT2D eigenvalue weighted by atomic mass is 16.5. The van der Waals surface area contributed by atoms with E-state index in [0.717, 1.165) is 31.5 Å². The van der Waals surface area contributed by atoms with Crippen LogP contribution in [0.15, 0.2) is 18.2 Å². The Morgan fingerprint density at radius 2 is 1.76 bits per heavy atom. The number of hydrogen-bond donors (Lipinski definition) is 1. The van der Waals surface area contributed by atoms with Gasteiger partial charge in [-0.2, -0.15) is 0 Å². The lowest BCUT2D eigenvalue weighted by molar-refractivity contribution is 0.199. The maximum atomic E-state index is 12.2. The normalized spacial score (nSPS) is 15.2. The van der Waals surface area contributed by atoms with Crippen molar-refractivity contribution in [3.63, 3.8) is 0 Å². The number of benzene rings is 1. The first-order chi connectivity index (χ1) is 10.2. The van der Waals surface area contributed by atoms with E-state index < -0.39 is 0 Å². The molecule has 2 amide bonds. The van der Waals surface area contributed by atoms with E-state index in [2.05, 4.69) is 5.32 Å². The fraction of sp³-hybridized carbons (Fsp3) is 0.562. The third-order valence-electron chi connectivity index (χ3n) is 3.78. The zero-order chi connectivity index (χ0) is 15.1. The molecule has 21 heavy (non-hydrogen) atoms. The Morgan fingerprint density at radius 3 is 2.38 bits per heavy atom. The predicted molar refractivity (Wildman–Crippen MR) is 81.8 cm³/mol. The summed E-state index contributed by atoms with van der Waals surface area (Å²) < 4.78 is 10.5. The highest BCUT2D eigenvalue weighted by Gasteiger charge is 2.15. The number of likely N-dealkylation sites (tertiary alicyclic amines) is 1. The van der Waals surface area contributed by atoms with Crippen LogP contribution in [0.25, 0.3) is 0 Å². The molecule has 0 spiro atoms. The molecule has 0 saturated carbocycles. The fourth-order valence-electron chi connectivity index (χ4n) is 2.55. The van der Waals surface area contributed by atoms with Gasteiger partial charge in [-0.3, -0.25) is 0 Å². The van der Waals surface area contributed by atoms with Gasteiger partial charge in [0.2, 0.25) is 0 Å². The second kappa shape index (κ2) is 7.76. The summed E-state index contributed by atoms with van der Waals surface area (Å²) in [5.41, 5.74) is 0.996. The number of rotatable bonds is 4. The lowest BCUT2D eigenvalue weighted by Gasteiger charge is -2.21. The Kier molecular flexibility index (Phi) is 5.72. The van der Waals surface area contributed by atoms with Crippen LogP contribution in [0.2, 0.25) is 0 Å². The molecular formula is C16H24N2O3. The number of amides is 2. The summed E-state index contributed by atoms with van der Waals surface area (Å²) >= 11 is 0. The minimum Gasteiger partial charge on any atom is -0.493 e. The average molecular weight is 292 g/mol. The number of nitrogens with zero attached hydrogens (tertiary/aromatic N) is 1. The lowest BCUT2D eigenvalue weighted by Crippen LogP contribution is -2.40. The highest BCUT2D eigenvalue weighted by molar-refractivity contribution is 5.74. The summed E-state index contributed by atoms with van der Waals surface area (Å²) in [6.07, 6.45) is 4.65. The van der Waals surface area contributed by atoms with Crippen molar-refractivity contribution in [2.75, 3.05) is 27.3 Å². The number of methoxy groups -OCH3 is 2. The minimum atomic E-state index is 0.0201. The van der Waals surface area contributed by atoms with Gasteiger partial charge in [-0.25, -0.2) is 4.79 Å². The van der Waals surface area contributed by atoms with Crippen molar-refractivity contribution in [3.8, 4) is 11.5 Å². The zero-order valence-electron chi connectivity index (χ0n) is 12.9. The number of hydrogen-bond acceptors (Lipinski definition) is 3. The van der Waals surface area contributed by atoms with Crippen molar-refractivity contribution in [3.05, 3.63) is 23.8 Å². The van der Waals surface area contributed by atoms with Crippen LogP contribution in [-0.4, -0.2) is 38.2 Å². The molecule has 1 saturated heterocycles. The van der Waals surface area contributed by atoms with E-state index >= 15 is 0 Å². The molecule has 1 fully saturated rings. The van der Waals surface area contributed by atoms with E-state index in [1.54, 1.807) is 14.2 Å². The monoisotopic (exact) mass is 292 g/mol. The molecule has 1 heterocycles. The van der Waals surface area contributed by atoms with Gasteiger partial charge in [-0.1, -0.05) is 18.9 Å². The zero-order valence-corrected chi connectivity index (χ0v) is 12.9. The second-order valence-electron chi connectivity index (χ2n) is 5.25. The molecule has 1 N–H and O–H groups in total. The number of carbonyl (C=O) groups is 1. The topological polar surface area (TPSA) is 50.8 Å². The molecule has 1 aromatic rings. The van der Waals surface area contributed by atoms with E-state index in [4.69, 9.17) is 9.47 Å². The lowest BCUT2D eigenvalue weighted by atomic mass is 10.2. The SMILES string of the molecule is COc1ccc(CNC(=O)N2CCCCCC2)cc1OC. The van der Waals surface area contributed by atoms with Crippen LogP contribution in [0, 0.1) is 0 Å². The summed E-state index contributed by atoms with van der Waals surface area (Å²) in [6.45, 7) is 2.21. The molecule has 2 rings (SSSR count). The Bertz CT molecular complexity index is 469. The molecule has 0 aromatic heterocycles. The molecule has 0 unspecified atom stereocenters. The summed E-state index contributed by atoms with van der Waals surface area (Å²) in [7, 11) is 3.22. The maximum absolute atomic E-state index is 12.2. The maximum Gasteiger partial charge on any atom is 0.317 e. The number of carbonyl (C=O) groups excluding carboxylic acids is 1. The summed E-state index contributed by atoms with van der Waals surface area (Å²) in [4.78, 5) is 14.1. The Balaban J connectivity index is 1.91. The minimum absolute atomic E-state index is 0.0201. The van der Waals surface area contributed by atoms with Gasteiger partial charge >= 0.3 is 6.03 Å². The Labute approximate surface area is 126 Å². The molecule has 1 aliphatic heterocycles. The van der Waals surface area contributed by atoms with E-state index in [0.29, 0.717) is 18.0 Å². The third kappa shape index (κ3) is 4.28. The van der Waals surface area contributed by atoms with Gasteiger partial charge in [-0.05, 0) is 30.5 Å². The largest absolute Gasteiger partial charge is 0.493 e. The molecule has 1 aromatic carbocycles. The van der Waals surface area contributed by atoms with Crippen molar-refractivity contribution in [1.82, 2.24) is 10.2 Å². The van der Waals surface area contributed by atoms with E-state index in [1.165, 1.54) is 12.8 Å². The van der Waals surface area contributed by atoms with Crippen molar-refractivity contribution in [2.24, 2.45) is 0 Å². The van der Waals surface area contributed by atoms with Gasteiger partial charge in [0, 0.05) is 19.6 Å². The van der Waals surface area contributed by atoms with Crippen molar-refractivity contribution < 1.29 is 14.3 Å². The number of urea groups is 1. The molecule has 0 radical (unpaired) electrons. The smallest absolute Gasteiger partial charge is 0.317 e. The van der Waals surface area contributed by atoms with E-state index in [9.17, 15) is 4.79 Å². The fourth-order valence-corrected chi connectivity index (χ4v) is 2.55. The summed E-state index contributed by atoms with van der Waals surface area (Å²) in [5, 5.41) is 2.98.